The second-order valence-electron chi connectivity index (χ2n) is 2.30. The van der Waals surface area contributed by atoms with Crippen LogP contribution in [0.25, 0.3) is 0 Å². The van der Waals surface area contributed by atoms with Gasteiger partial charge in [-0.2, -0.15) is 0 Å². The molecule has 0 bridgehead atoms. The monoisotopic (exact) mass is 134 g/mol. The molecular formula is C7H7BO2. The second kappa shape index (κ2) is 2.67. The van der Waals surface area contributed by atoms with Crippen molar-refractivity contribution in [1.82, 2.24) is 0 Å². The highest BCUT2D eigenvalue weighted by Gasteiger charge is 2.33. The molecule has 3 heteroatoms. The van der Waals surface area contributed by atoms with E-state index in [2.05, 4.69) is 12.3 Å². The number of Topliss-reactive ketones (excluding diaryl/α,β-unsaturated/α-hetero) is 1. The van der Waals surface area contributed by atoms with Gasteiger partial charge in [0.2, 0.25) is 0 Å². The molecule has 0 radical (unpaired) electrons. The summed E-state index contributed by atoms with van der Waals surface area (Å²) >= 11 is 0. The van der Waals surface area contributed by atoms with Crippen LogP contribution in [0.5, 0.6) is 0 Å². The lowest BCUT2D eigenvalue weighted by Crippen LogP contribution is -2.20. The van der Waals surface area contributed by atoms with Gasteiger partial charge in [0.15, 0.2) is 11.5 Å². The fourth-order valence-electron chi connectivity index (χ4n) is 1.05. The zero-order valence-corrected chi connectivity index (χ0v) is 5.59. The zero-order chi connectivity index (χ0) is 7.56. The maximum absolute atomic E-state index is 10.8. The number of ketones is 1. The fraction of sp³-hybridized carbons (Fsp3) is 0.286. The molecule has 0 saturated carbocycles. The first-order chi connectivity index (χ1) is 4.75. The van der Waals surface area contributed by atoms with Gasteiger partial charge >= 0.3 is 0 Å². The first-order valence-electron chi connectivity index (χ1n) is 3.18. The Balaban J connectivity index is 2.75. The van der Waals surface area contributed by atoms with E-state index in [1.165, 1.54) is 0 Å². The van der Waals surface area contributed by atoms with Crippen molar-refractivity contribution >= 4 is 18.2 Å². The molecule has 0 aromatic heterocycles. The first kappa shape index (κ1) is 7.04. The highest BCUT2D eigenvalue weighted by atomic mass is 16.2. The van der Waals surface area contributed by atoms with Gasteiger partial charge in [0.25, 0.3) is 6.71 Å². The van der Waals surface area contributed by atoms with Crippen LogP contribution in [0.3, 0.4) is 0 Å². The minimum atomic E-state index is -0.281. The van der Waals surface area contributed by atoms with Gasteiger partial charge in [-0.25, -0.2) is 0 Å². The molecule has 1 heterocycles. The predicted molar refractivity (Wildman–Crippen MR) is 38.9 cm³/mol. The summed E-state index contributed by atoms with van der Waals surface area (Å²) < 4.78 is 0. The summed E-state index contributed by atoms with van der Waals surface area (Å²) in [5.41, 5.74) is 2.23. The van der Waals surface area contributed by atoms with E-state index in [4.69, 9.17) is 0 Å². The Labute approximate surface area is 59.7 Å². The lowest BCUT2D eigenvalue weighted by Gasteiger charge is -1.86. The van der Waals surface area contributed by atoms with E-state index in [1.54, 1.807) is 5.98 Å². The number of carbonyl (C=O) groups excluding carboxylic acids is 2. The Kier molecular flexibility index (Phi) is 1.88. The molecule has 50 valence electrons. The van der Waals surface area contributed by atoms with Gasteiger partial charge in [-0.05, 0) is 0 Å². The van der Waals surface area contributed by atoms with Gasteiger partial charge in [0, 0.05) is 6.42 Å². The van der Waals surface area contributed by atoms with Gasteiger partial charge in [-0.15, -0.1) is 5.73 Å². The molecule has 0 aliphatic carbocycles. The maximum atomic E-state index is 10.8. The minimum absolute atomic E-state index is 0.231. The molecule has 1 aliphatic heterocycles. The molecule has 0 amide bonds. The highest BCUT2D eigenvalue weighted by Crippen LogP contribution is 2.11. The Morgan fingerprint density at radius 1 is 1.60 bits per heavy atom. The topological polar surface area (TPSA) is 34.1 Å². The summed E-state index contributed by atoms with van der Waals surface area (Å²) in [6, 6.07) is 0. The average molecular weight is 134 g/mol. The smallest absolute Gasteiger partial charge is 0.267 e. The zero-order valence-electron chi connectivity index (χ0n) is 5.59. The fourth-order valence-corrected chi connectivity index (χ4v) is 1.05. The minimum Gasteiger partial charge on any atom is -0.302 e. The Bertz CT molecular complexity index is 226. The first-order valence-corrected chi connectivity index (χ1v) is 3.18. The van der Waals surface area contributed by atoms with Crippen molar-refractivity contribution in [3.8, 4) is 0 Å². The van der Waals surface area contributed by atoms with E-state index in [-0.39, 0.29) is 18.2 Å². The Morgan fingerprint density at radius 3 is 2.70 bits per heavy atom. The van der Waals surface area contributed by atoms with Crippen LogP contribution in [0.2, 0.25) is 6.32 Å². The normalized spacial score (nSPS) is 17.4. The van der Waals surface area contributed by atoms with Crippen molar-refractivity contribution < 1.29 is 9.59 Å². The quantitative estimate of drug-likeness (QED) is 0.296. The van der Waals surface area contributed by atoms with Crippen LogP contribution in [0, 0.1) is 0 Å². The molecule has 0 spiro atoms. The van der Waals surface area contributed by atoms with Gasteiger partial charge in [0.1, 0.15) is 0 Å². The van der Waals surface area contributed by atoms with Crippen LogP contribution in [0.1, 0.15) is 6.42 Å². The number of rotatable bonds is 1. The Hall–Kier alpha value is -1.08. The lowest BCUT2D eigenvalue weighted by molar-refractivity contribution is -0.131. The molecule has 10 heavy (non-hydrogen) atoms. The van der Waals surface area contributed by atoms with Crippen LogP contribution in [0.4, 0.5) is 0 Å². The summed E-state index contributed by atoms with van der Waals surface area (Å²) in [4.78, 5) is 21.5. The van der Waals surface area contributed by atoms with E-state index in [0.717, 1.165) is 0 Å². The van der Waals surface area contributed by atoms with Crippen molar-refractivity contribution in [3.05, 3.63) is 18.3 Å². The van der Waals surface area contributed by atoms with Gasteiger partial charge in [-0.3, -0.25) is 4.79 Å². The van der Waals surface area contributed by atoms with E-state index in [1.807, 2.05) is 0 Å². The molecule has 1 rings (SSSR count). The molecule has 1 fully saturated rings. The van der Waals surface area contributed by atoms with Crippen LogP contribution in [-0.2, 0) is 9.59 Å². The molecule has 0 N–H and O–H groups in total. The SMILES string of the molecule is C=C=CB1CCC(=O)C1=O. The van der Waals surface area contributed by atoms with E-state index in [9.17, 15) is 9.59 Å². The van der Waals surface area contributed by atoms with Crippen molar-refractivity contribution in [2.75, 3.05) is 0 Å². The molecule has 1 aliphatic rings. The second-order valence-corrected chi connectivity index (χ2v) is 2.30. The molecule has 0 atom stereocenters. The number of hydrogen-bond acceptors (Lipinski definition) is 2. The lowest BCUT2D eigenvalue weighted by atomic mass is 9.48. The summed E-state index contributed by atoms with van der Waals surface area (Å²) in [7, 11) is 0. The van der Waals surface area contributed by atoms with Gasteiger partial charge < -0.3 is 4.79 Å². The molecule has 0 aromatic rings. The van der Waals surface area contributed by atoms with Crippen LogP contribution in [-0.4, -0.2) is 18.2 Å². The predicted octanol–water partition coefficient (Wildman–Crippen LogP) is 0.443. The summed E-state index contributed by atoms with van der Waals surface area (Å²) in [5, 5.41) is 0. The van der Waals surface area contributed by atoms with Crippen LogP contribution in [0.15, 0.2) is 18.3 Å². The van der Waals surface area contributed by atoms with Crippen molar-refractivity contribution in [3.63, 3.8) is 0 Å². The third-order valence-electron chi connectivity index (χ3n) is 1.61. The summed E-state index contributed by atoms with van der Waals surface area (Å²) in [6.45, 7) is 3.11. The number of carbonyl (C=O) groups is 2. The average Bonchev–Trinajstić information content (AvgIpc) is 2.20. The third-order valence-corrected chi connectivity index (χ3v) is 1.61. The molecule has 1 saturated heterocycles. The molecule has 0 aromatic carbocycles. The van der Waals surface area contributed by atoms with Crippen LogP contribution >= 0.6 is 0 Å². The van der Waals surface area contributed by atoms with Crippen molar-refractivity contribution in [2.24, 2.45) is 0 Å². The molecule has 2 nitrogen and oxygen atoms in total. The van der Waals surface area contributed by atoms with Crippen LogP contribution < -0.4 is 0 Å². The summed E-state index contributed by atoms with van der Waals surface area (Å²) in [6.07, 6.45) is 1.03. The van der Waals surface area contributed by atoms with E-state index < -0.39 is 0 Å². The highest BCUT2D eigenvalue weighted by molar-refractivity contribution is 7.05. The van der Waals surface area contributed by atoms with Crippen molar-refractivity contribution in [1.29, 1.82) is 0 Å². The standard InChI is InChI=1S/C7H7BO2/c1-2-4-8-5-3-6(9)7(8)10/h4H,1,3,5H2. The van der Waals surface area contributed by atoms with Gasteiger partial charge in [0.05, 0.1) is 0 Å². The largest absolute Gasteiger partial charge is 0.302 e. The van der Waals surface area contributed by atoms with Gasteiger partial charge in [-0.1, -0.05) is 18.9 Å². The van der Waals surface area contributed by atoms with E-state index >= 15 is 0 Å². The Morgan fingerprint density at radius 2 is 2.30 bits per heavy atom. The molecular weight excluding hydrogens is 127 g/mol. The maximum Gasteiger partial charge on any atom is 0.267 e. The molecule has 0 unspecified atom stereocenters. The number of hydrogen-bond donors (Lipinski definition) is 0. The van der Waals surface area contributed by atoms with E-state index in [0.29, 0.717) is 12.7 Å². The third kappa shape index (κ3) is 1.09. The summed E-state index contributed by atoms with van der Waals surface area (Å²) in [5.74, 6) is 1.31. The van der Waals surface area contributed by atoms with Crippen molar-refractivity contribution in [2.45, 2.75) is 12.7 Å².